The number of benzene rings is 2. The number of nitrogens with two attached hydrogens (primary N) is 1. The molecule has 1 heterocycles. The maximum Gasteiger partial charge on any atom is 0.249 e. The number of rotatable bonds is 6. The molecule has 0 unspecified atom stereocenters. The Morgan fingerprint density at radius 3 is 2.32 bits per heavy atom. The molecule has 0 aromatic heterocycles. The maximum absolute atomic E-state index is 13.3. The molecule has 1 saturated heterocycles. The first-order valence-corrected chi connectivity index (χ1v) is 10.3. The fraction of sp³-hybridized carbons (Fsp3) is 0.300. The van der Waals surface area contributed by atoms with Crippen LogP contribution in [0.3, 0.4) is 0 Å². The van der Waals surface area contributed by atoms with Crippen LogP contribution in [0.25, 0.3) is 0 Å². The highest BCUT2D eigenvalue weighted by Gasteiger charge is 2.32. The second-order valence-electron chi connectivity index (χ2n) is 6.58. The van der Waals surface area contributed by atoms with Crippen LogP contribution in [0, 0.1) is 6.92 Å². The van der Waals surface area contributed by atoms with Gasteiger partial charge < -0.3 is 10.5 Å². The van der Waals surface area contributed by atoms with Gasteiger partial charge in [-0.25, -0.2) is 8.42 Å². The van der Waals surface area contributed by atoms with Crippen molar-refractivity contribution in [2.45, 2.75) is 18.2 Å². The molecule has 2 N–H and O–H groups in total. The molecule has 2 aromatic carbocycles. The average Bonchev–Trinajstić information content (AvgIpc) is 2.69. The van der Waals surface area contributed by atoms with Gasteiger partial charge in [-0.15, -0.1) is 0 Å². The van der Waals surface area contributed by atoms with Crippen LogP contribution in [-0.2, 0) is 21.2 Å². The van der Waals surface area contributed by atoms with Crippen LogP contribution in [0.4, 0.5) is 0 Å². The summed E-state index contributed by atoms with van der Waals surface area (Å²) in [7, 11) is -3.91. The van der Waals surface area contributed by atoms with E-state index in [-0.39, 0.29) is 41.3 Å². The SMILES string of the molecule is Cc1ccc(C(N)=O)c(CC(=O)c2ccccc2)c1S(=O)(=O)N1CCOCC1. The molecule has 1 aliphatic rings. The number of carbonyl (C=O) groups is 2. The third-order valence-electron chi connectivity index (χ3n) is 4.72. The van der Waals surface area contributed by atoms with Crippen LogP contribution in [0.15, 0.2) is 47.4 Å². The number of hydrogen-bond donors (Lipinski definition) is 1. The lowest BCUT2D eigenvalue weighted by Gasteiger charge is -2.28. The number of aryl methyl sites for hydroxylation is 1. The van der Waals surface area contributed by atoms with Crippen LogP contribution < -0.4 is 5.73 Å². The summed E-state index contributed by atoms with van der Waals surface area (Å²) in [6, 6.07) is 11.6. The summed E-state index contributed by atoms with van der Waals surface area (Å²) in [5, 5.41) is 0. The summed E-state index contributed by atoms with van der Waals surface area (Å²) in [5.41, 5.74) is 6.58. The van der Waals surface area contributed by atoms with E-state index >= 15 is 0 Å². The third-order valence-corrected chi connectivity index (χ3v) is 6.85. The number of hydrogen-bond acceptors (Lipinski definition) is 5. The molecule has 0 atom stereocenters. The smallest absolute Gasteiger partial charge is 0.249 e. The van der Waals surface area contributed by atoms with Gasteiger partial charge in [-0.05, 0) is 24.1 Å². The first-order valence-electron chi connectivity index (χ1n) is 8.91. The first kappa shape index (κ1) is 20.2. The van der Waals surface area contributed by atoms with Crippen LogP contribution in [0.1, 0.15) is 31.8 Å². The normalized spacial score (nSPS) is 15.3. The topological polar surface area (TPSA) is 107 Å². The molecule has 2 aromatic rings. The van der Waals surface area contributed by atoms with Crippen molar-refractivity contribution in [3.8, 4) is 0 Å². The molecule has 28 heavy (non-hydrogen) atoms. The van der Waals surface area contributed by atoms with E-state index in [2.05, 4.69) is 0 Å². The van der Waals surface area contributed by atoms with Gasteiger partial charge in [-0.1, -0.05) is 36.4 Å². The fourth-order valence-electron chi connectivity index (χ4n) is 3.31. The molecule has 148 valence electrons. The zero-order valence-corrected chi connectivity index (χ0v) is 16.4. The van der Waals surface area contributed by atoms with Crippen LogP contribution in [0.2, 0.25) is 0 Å². The van der Waals surface area contributed by atoms with Crippen LogP contribution in [0.5, 0.6) is 0 Å². The molecule has 0 bridgehead atoms. The number of sulfonamides is 1. The Balaban J connectivity index is 2.12. The zero-order valence-electron chi connectivity index (χ0n) is 15.6. The second kappa shape index (κ2) is 8.22. The highest BCUT2D eigenvalue weighted by Crippen LogP contribution is 2.29. The summed E-state index contributed by atoms with van der Waals surface area (Å²) in [6.07, 6.45) is -0.233. The molecule has 3 rings (SSSR count). The Kier molecular flexibility index (Phi) is 5.93. The number of morpholine rings is 1. The van der Waals surface area contributed by atoms with E-state index in [1.165, 1.54) is 10.4 Å². The van der Waals surface area contributed by atoms with Crippen molar-refractivity contribution >= 4 is 21.7 Å². The molecule has 0 saturated carbocycles. The number of primary amides is 1. The first-order chi connectivity index (χ1) is 13.3. The van der Waals surface area contributed by atoms with Gasteiger partial charge in [0.05, 0.1) is 18.1 Å². The zero-order chi connectivity index (χ0) is 20.3. The summed E-state index contributed by atoms with van der Waals surface area (Å²) in [5.74, 6) is -1.05. The quantitative estimate of drug-likeness (QED) is 0.738. The van der Waals surface area contributed by atoms with Gasteiger partial charge >= 0.3 is 0 Å². The molecule has 1 aliphatic heterocycles. The number of ether oxygens (including phenoxy) is 1. The van der Waals surface area contributed by atoms with Crippen molar-refractivity contribution in [1.29, 1.82) is 0 Å². The highest BCUT2D eigenvalue weighted by molar-refractivity contribution is 7.89. The van der Waals surface area contributed by atoms with Crippen molar-refractivity contribution in [2.24, 2.45) is 5.73 Å². The third kappa shape index (κ3) is 3.99. The van der Waals surface area contributed by atoms with Gasteiger partial charge in [0.2, 0.25) is 15.9 Å². The van der Waals surface area contributed by atoms with E-state index in [4.69, 9.17) is 10.5 Å². The summed E-state index contributed by atoms with van der Waals surface area (Å²) >= 11 is 0. The van der Waals surface area contributed by atoms with E-state index in [1.807, 2.05) is 0 Å². The molecular weight excluding hydrogens is 380 g/mol. The van der Waals surface area contributed by atoms with Crippen molar-refractivity contribution < 1.29 is 22.7 Å². The summed E-state index contributed by atoms with van der Waals surface area (Å²) < 4.78 is 33.2. The van der Waals surface area contributed by atoms with E-state index in [0.29, 0.717) is 24.3 Å². The molecule has 1 fully saturated rings. The number of nitrogens with zero attached hydrogens (tertiary/aromatic N) is 1. The van der Waals surface area contributed by atoms with Crippen LogP contribution in [-0.4, -0.2) is 50.7 Å². The monoisotopic (exact) mass is 402 g/mol. The largest absolute Gasteiger partial charge is 0.379 e. The van der Waals surface area contributed by atoms with E-state index in [9.17, 15) is 18.0 Å². The number of amides is 1. The van der Waals surface area contributed by atoms with Gasteiger partial charge in [-0.2, -0.15) is 4.31 Å². The van der Waals surface area contributed by atoms with Gasteiger partial charge in [-0.3, -0.25) is 9.59 Å². The van der Waals surface area contributed by atoms with Gasteiger partial charge in [0, 0.05) is 30.6 Å². The summed E-state index contributed by atoms with van der Waals surface area (Å²) in [6.45, 7) is 2.68. The second-order valence-corrected chi connectivity index (χ2v) is 8.46. The minimum absolute atomic E-state index is 0.0185. The van der Waals surface area contributed by atoms with Crippen LogP contribution >= 0.6 is 0 Å². The Morgan fingerprint density at radius 1 is 1.07 bits per heavy atom. The Morgan fingerprint density at radius 2 is 1.71 bits per heavy atom. The van der Waals surface area contributed by atoms with Gasteiger partial charge in [0.1, 0.15) is 0 Å². The number of ketones is 1. The molecule has 1 amide bonds. The molecular formula is C20H22N2O5S. The van der Waals surface area contributed by atoms with Crippen molar-refractivity contribution in [2.75, 3.05) is 26.3 Å². The van der Waals surface area contributed by atoms with Crippen molar-refractivity contribution in [1.82, 2.24) is 4.31 Å². The van der Waals surface area contributed by atoms with Crippen molar-refractivity contribution in [3.63, 3.8) is 0 Å². The Hall–Kier alpha value is -2.55. The minimum Gasteiger partial charge on any atom is -0.379 e. The van der Waals surface area contributed by atoms with E-state index in [0.717, 1.165) is 0 Å². The fourth-order valence-corrected chi connectivity index (χ4v) is 5.17. The van der Waals surface area contributed by atoms with E-state index in [1.54, 1.807) is 43.3 Å². The van der Waals surface area contributed by atoms with Gasteiger partial charge in [0.15, 0.2) is 5.78 Å². The average molecular weight is 402 g/mol. The standard InChI is InChI=1S/C20H22N2O5S/c1-14-7-8-16(20(21)24)17(13-18(23)15-5-3-2-4-6-15)19(14)28(25,26)22-9-11-27-12-10-22/h2-8H,9-13H2,1H3,(H2,21,24). The van der Waals surface area contributed by atoms with Crippen molar-refractivity contribution in [3.05, 3.63) is 64.7 Å². The predicted molar refractivity (Wildman–Crippen MR) is 104 cm³/mol. The Labute approximate surface area is 164 Å². The van der Waals surface area contributed by atoms with E-state index < -0.39 is 15.9 Å². The Bertz CT molecular complexity index is 997. The lowest BCUT2D eigenvalue weighted by molar-refractivity contribution is 0.0730. The molecule has 0 radical (unpaired) electrons. The number of Topliss-reactive ketones (excluding diaryl/α,β-unsaturated/α-hetero) is 1. The highest BCUT2D eigenvalue weighted by atomic mass is 32.2. The van der Waals surface area contributed by atoms with Gasteiger partial charge in [0.25, 0.3) is 0 Å². The lowest BCUT2D eigenvalue weighted by Crippen LogP contribution is -2.41. The lowest BCUT2D eigenvalue weighted by atomic mass is 9.96. The maximum atomic E-state index is 13.3. The predicted octanol–water partition coefficient (Wildman–Crippen LogP) is 1.54. The number of carbonyl (C=O) groups excluding carboxylic acids is 2. The molecule has 8 heteroatoms. The molecule has 0 aliphatic carbocycles. The molecule has 0 spiro atoms. The minimum atomic E-state index is -3.91. The molecule has 7 nitrogen and oxygen atoms in total. The summed E-state index contributed by atoms with van der Waals surface area (Å²) in [4.78, 5) is 24.7.